The zero-order chi connectivity index (χ0) is 24.5. The van der Waals surface area contributed by atoms with Gasteiger partial charge in [-0.3, -0.25) is 19.3 Å². The molecule has 2 amide bonds. The van der Waals surface area contributed by atoms with Gasteiger partial charge in [0.05, 0.1) is 22.6 Å². The lowest BCUT2D eigenvalue weighted by atomic mass is 10.0. The van der Waals surface area contributed by atoms with Gasteiger partial charge in [0.1, 0.15) is 0 Å². The minimum atomic E-state index is -0.223. The highest BCUT2D eigenvalue weighted by Crippen LogP contribution is 2.35. The molecule has 2 aliphatic rings. The van der Waals surface area contributed by atoms with E-state index in [9.17, 15) is 14.4 Å². The van der Waals surface area contributed by atoms with Crippen molar-refractivity contribution >= 4 is 40.3 Å². The van der Waals surface area contributed by atoms with E-state index in [4.69, 9.17) is 9.72 Å². The predicted octanol–water partition coefficient (Wildman–Crippen LogP) is 4.35. The normalized spacial score (nSPS) is 17.1. The molecular weight excluding hydrogens is 442 g/mol. The maximum absolute atomic E-state index is 13.0. The molecule has 7 nitrogen and oxygen atoms in total. The number of Topliss-reactive ketones (excluding diaryl/α,β-unsaturated/α-hetero) is 1. The zero-order valence-corrected chi connectivity index (χ0v) is 19.9. The van der Waals surface area contributed by atoms with Gasteiger partial charge in [-0.05, 0) is 54.8 Å². The number of ketones is 1. The Morgan fingerprint density at radius 3 is 2.60 bits per heavy atom. The van der Waals surface area contributed by atoms with Crippen LogP contribution in [0.5, 0.6) is 0 Å². The van der Waals surface area contributed by atoms with Gasteiger partial charge < -0.3 is 9.64 Å². The molecule has 3 heterocycles. The molecule has 0 bridgehead atoms. The van der Waals surface area contributed by atoms with Crippen LogP contribution < -0.4 is 4.90 Å². The highest BCUT2D eigenvalue weighted by molar-refractivity contribution is 6.26. The number of anilines is 1. The van der Waals surface area contributed by atoms with Crippen LogP contribution in [0.25, 0.3) is 17.0 Å². The molecule has 2 aromatic carbocycles. The summed E-state index contributed by atoms with van der Waals surface area (Å²) in [5.74, 6) is -0.348. The van der Waals surface area contributed by atoms with Gasteiger partial charge in [0.2, 0.25) is 17.6 Å². The average Bonchev–Trinajstić information content (AvgIpc) is 3.14. The number of carbonyl (C=O) groups excluding carboxylic acids is 3. The Balaban J connectivity index is 1.42. The van der Waals surface area contributed by atoms with Crippen molar-refractivity contribution in [3.8, 4) is 0 Å². The Morgan fingerprint density at radius 2 is 1.86 bits per heavy atom. The Morgan fingerprint density at radius 1 is 1.09 bits per heavy atom. The fourth-order valence-corrected chi connectivity index (χ4v) is 4.90. The fraction of sp³-hybridized carbons (Fsp3) is 0.286. The van der Waals surface area contributed by atoms with Crippen molar-refractivity contribution in [3.05, 3.63) is 77.1 Å². The van der Waals surface area contributed by atoms with Crippen molar-refractivity contribution in [1.82, 2.24) is 9.88 Å². The van der Waals surface area contributed by atoms with Crippen molar-refractivity contribution in [1.29, 1.82) is 0 Å². The van der Waals surface area contributed by atoms with Gasteiger partial charge >= 0.3 is 0 Å². The molecule has 1 saturated heterocycles. The summed E-state index contributed by atoms with van der Waals surface area (Å²) in [4.78, 5) is 45.7. The van der Waals surface area contributed by atoms with Crippen molar-refractivity contribution in [2.24, 2.45) is 0 Å². The summed E-state index contributed by atoms with van der Waals surface area (Å²) in [7, 11) is 0. The van der Waals surface area contributed by atoms with E-state index >= 15 is 0 Å². The predicted molar refractivity (Wildman–Crippen MR) is 134 cm³/mol. The maximum Gasteiger partial charge on any atom is 0.228 e. The lowest BCUT2D eigenvalue weighted by molar-refractivity contribution is -0.133. The largest absolute Gasteiger partial charge is 0.381 e. The molecule has 0 radical (unpaired) electrons. The number of hydrogen-bond acceptors (Lipinski definition) is 5. The Labute approximate surface area is 204 Å². The number of carbonyl (C=O) groups is 3. The molecule has 7 heteroatoms. The number of nitrogens with zero attached hydrogens (tertiary/aromatic N) is 3. The number of rotatable bonds is 4. The molecule has 0 saturated carbocycles. The highest BCUT2D eigenvalue weighted by atomic mass is 16.5. The van der Waals surface area contributed by atoms with Gasteiger partial charge in [-0.2, -0.15) is 0 Å². The molecule has 2 aliphatic heterocycles. The molecule has 0 N–H and O–H groups in total. The Bertz CT molecular complexity index is 1360. The van der Waals surface area contributed by atoms with Crippen LogP contribution in [0.15, 0.2) is 60.3 Å². The number of amides is 2. The van der Waals surface area contributed by atoms with Gasteiger partial charge in [-0.25, -0.2) is 4.98 Å². The Hall–Kier alpha value is -3.84. The standard InChI is InChI=1S/C28H27N3O4/c1-18(32)30(23-11-13-35-14-12-23)17-20-7-10-25-21(15-20)8-9-22(29-25)16-27-28(34)24-5-3-4-6-26(24)31(27)19(2)33/h3-10,15-16,23H,11-14,17H2,1-2H3/b27-16+. The van der Waals surface area contributed by atoms with Crippen molar-refractivity contribution in [2.75, 3.05) is 18.1 Å². The van der Waals surface area contributed by atoms with Crippen LogP contribution in [0.1, 0.15) is 48.3 Å². The number of pyridine rings is 1. The first-order chi connectivity index (χ1) is 16.9. The molecule has 5 rings (SSSR count). The fourth-order valence-electron chi connectivity index (χ4n) is 4.90. The minimum Gasteiger partial charge on any atom is -0.381 e. The molecule has 0 unspecified atom stereocenters. The van der Waals surface area contributed by atoms with Crippen LogP contribution in [0.2, 0.25) is 0 Å². The summed E-state index contributed by atoms with van der Waals surface area (Å²) >= 11 is 0. The van der Waals surface area contributed by atoms with E-state index in [0.717, 1.165) is 29.3 Å². The van der Waals surface area contributed by atoms with E-state index < -0.39 is 0 Å². The number of allylic oxidation sites excluding steroid dienone is 1. The monoisotopic (exact) mass is 469 g/mol. The minimum absolute atomic E-state index is 0.0642. The molecule has 3 aromatic rings. The first kappa shape index (κ1) is 22.9. The molecule has 0 aliphatic carbocycles. The Kier molecular flexibility index (Phi) is 6.17. The van der Waals surface area contributed by atoms with Gasteiger partial charge in [-0.15, -0.1) is 0 Å². The van der Waals surface area contributed by atoms with Crippen LogP contribution >= 0.6 is 0 Å². The molecule has 0 spiro atoms. The van der Waals surface area contributed by atoms with Gasteiger partial charge in [-0.1, -0.05) is 24.3 Å². The summed E-state index contributed by atoms with van der Waals surface area (Å²) < 4.78 is 5.45. The van der Waals surface area contributed by atoms with Crippen LogP contribution in [0.4, 0.5) is 5.69 Å². The van der Waals surface area contributed by atoms with E-state index in [1.807, 2.05) is 41.3 Å². The molecule has 1 aromatic heterocycles. The van der Waals surface area contributed by atoms with Gasteiger partial charge in [0.15, 0.2) is 0 Å². The summed E-state index contributed by atoms with van der Waals surface area (Å²) in [6, 6.07) is 17.1. The van der Waals surface area contributed by atoms with E-state index in [1.54, 1.807) is 31.2 Å². The SMILES string of the molecule is CC(=O)N1/C(=C/c2ccc3cc(CN(C(C)=O)C4CCOCC4)ccc3n2)C(=O)c2ccccc21. The highest BCUT2D eigenvalue weighted by Gasteiger charge is 2.34. The third-order valence-corrected chi connectivity index (χ3v) is 6.63. The number of hydrogen-bond donors (Lipinski definition) is 0. The van der Waals surface area contributed by atoms with Crippen molar-refractivity contribution in [2.45, 2.75) is 39.3 Å². The molecule has 35 heavy (non-hydrogen) atoms. The second-order valence-electron chi connectivity index (χ2n) is 8.98. The number of benzene rings is 2. The first-order valence-electron chi connectivity index (χ1n) is 11.8. The zero-order valence-electron chi connectivity index (χ0n) is 19.9. The second-order valence-corrected chi connectivity index (χ2v) is 8.98. The van der Waals surface area contributed by atoms with Crippen LogP contribution in [0.3, 0.4) is 0 Å². The van der Waals surface area contributed by atoms with Crippen molar-refractivity contribution in [3.63, 3.8) is 0 Å². The molecule has 0 atom stereocenters. The maximum atomic E-state index is 13.0. The number of fused-ring (bicyclic) bond motifs is 2. The summed E-state index contributed by atoms with van der Waals surface area (Å²) in [6.45, 7) is 4.97. The smallest absolute Gasteiger partial charge is 0.228 e. The molecular formula is C28H27N3O4. The number of para-hydroxylation sites is 1. The molecule has 1 fully saturated rings. The van der Waals surface area contributed by atoms with E-state index in [1.165, 1.54) is 11.8 Å². The van der Waals surface area contributed by atoms with E-state index in [-0.39, 0.29) is 23.6 Å². The second kappa shape index (κ2) is 9.43. The third kappa shape index (κ3) is 4.47. The summed E-state index contributed by atoms with van der Waals surface area (Å²) in [5, 5.41) is 0.949. The number of ether oxygens (including phenoxy) is 1. The van der Waals surface area contributed by atoms with Crippen LogP contribution in [-0.4, -0.2) is 46.7 Å². The van der Waals surface area contributed by atoms with E-state index in [2.05, 4.69) is 0 Å². The lowest BCUT2D eigenvalue weighted by Gasteiger charge is -2.33. The third-order valence-electron chi connectivity index (χ3n) is 6.63. The lowest BCUT2D eigenvalue weighted by Crippen LogP contribution is -2.41. The topological polar surface area (TPSA) is 79.8 Å². The summed E-state index contributed by atoms with van der Waals surface area (Å²) in [6.07, 6.45) is 3.37. The van der Waals surface area contributed by atoms with Crippen LogP contribution in [0, 0.1) is 0 Å². The summed E-state index contributed by atoms with van der Waals surface area (Å²) in [5.41, 5.74) is 3.83. The number of aromatic nitrogens is 1. The quantitative estimate of drug-likeness (QED) is 0.531. The van der Waals surface area contributed by atoms with Crippen LogP contribution in [-0.2, 0) is 20.9 Å². The average molecular weight is 470 g/mol. The van der Waals surface area contributed by atoms with E-state index in [0.29, 0.717) is 42.4 Å². The van der Waals surface area contributed by atoms with Gasteiger partial charge in [0, 0.05) is 50.6 Å². The van der Waals surface area contributed by atoms with Crippen molar-refractivity contribution < 1.29 is 19.1 Å². The first-order valence-corrected chi connectivity index (χ1v) is 11.8. The molecule has 178 valence electrons. The van der Waals surface area contributed by atoms with Gasteiger partial charge in [0.25, 0.3) is 0 Å².